The fourth-order valence-electron chi connectivity index (χ4n) is 5.10. The van der Waals surface area contributed by atoms with Crippen LogP contribution in [0, 0.1) is 0 Å². The third kappa shape index (κ3) is 2.79. The first-order valence-electron chi connectivity index (χ1n) is 10.0. The lowest BCUT2D eigenvalue weighted by Crippen LogP contribution is -2.45. The zero-order valence-electron chi connectivity index (χ0n) is 17.1. The molecule has 0 saturated carbocycles. The van der Waals surface area contributed by atoms with Crippen LogP contribution < -0.4 is 14.8 Å². The maximum absolute atomic E-state index is 11.8. The Kier molecular flexibility index (Phi) is 3.92. The molecule has 0 fully saturated rings. The van der Waals surface area contributed by atoms with Gasteiger partial charge in [0.15, 0.2) is 12.2 Å². The molecule has 1 aromatic rings. The Bertz CT molecular complexity index is 1030. The van der Waals surface area contributed by atoms with Crippen molar-refractivity contribution in [2.75, 3.05) is 7.11 Å². The second kappa shape index (κ2) is 6.28. The highest BCUT2D eigenvalue weighted by Crippen LogP contribution is 2.53. The largest absolute Gasteiger partial charge is 0.496 e. The summed E-state index contributed by atoms with van der Waals surface area (Å²) in [5, 5.41) is 3.64. The normalized spacial score (nSPS) is 28.8. The van der Waals surface area contributed by atoms with E-state index in [0.29, 0.717) is 0 Å². The van der Waals surface area contributed by atoms with E-state index in [4.69, 9.17) is 14.2 Å². The average Bonchev–Trinajstić information content (AvgIpc) is 3.11. The number of esters is 1. The van der Waals surface area contributed by atoms with Crippen molar-refractivity contribution >= 4 is 5.97 Å². The smallest absolute Gasteiger partial charge is 0.331 e. The van der Waals surface area contributed by atoms with Gasteiger partial charge in [0, 0.05) is 28.8 Å². The maximum Gasteiger partial charge on any atom is 0.331 e. The number of nitrogens with one attached hydrogen (secondary N) is 1. The topological polar surface area (TPSA) is 56.8 Å². The van der Waals surface area contributed by atoms with E-state index in [1.165, 1.54) is 17.2 Å². The lowest BCUT2D eigenvalue weighted by Gasteiger charge is -2.44. The molecular formula is C24H25NO4. The van der Waals surface area contributed by atoms with E-state index in [1.54, 1.807) is 13.2 Å². The van der Waals surface area contributed by atoms with Gasteiger partial charge >= 0.3 is 5.97 Å². The molecule has 5 nitrogen and oxygen atoms in total. The quantitative estimate of drug-likeness (QED) is 0.774. The molecule has 5 rings (SSSR count). The molecule has 1 aromatic carbocycles. The minimum Gasteiger partial charge on any atom is -0.496 e. The summed E-state index contributed by atoms with van der Waals surface area (Å²) in [6.07, 6.45) is 7.85. The number of fused-ring (bicyclic) bond motifs is 4. The van der Waals surface area contributed by atoms with E-state index >= 15 is 0 Å². The second-order valence-electron chi connectivity index (χ2n) is 8.58. The fraction of sp³-hybridized carbons (Fsp3) is 0.375. The molecule has 3 unspecified atom stereocenters. The minimum absolute atomic E-state index is 0.109. The van der Waals surface area contributed by atoms with Crippen molar-refractivity contribution in [3.63, 3.8) is 0 Å². The van der Waals surface area contributed by atoms with E-state index in [2.05, 4.69) is 38.2 Å². The number of ether oxygens (including phenoxy) is 3. The van der Waals surface area contributed by atoms with Crippen molar-refractivity contribution in [2.45, 2.75) is 50.9 Å². The molecule has 0 spiro atoms. The number of hydrogen-bond donors (Lipinski definition) is 1. The molecule has 3 aliphatic heterocycles. The molecule has 3 heterocycles. The lowest BCUT2D eigenvalue weighted by atomic mass is 9.71. The van der Waals surface area contributed by atoms with Crippen molar-refractivity contribution in [2.24, 2.45) is 0 Å². The van der Waals surface area contributed by atoms with Crippen LogP contribution in [0.15, 0.2) is 64.9 Å². The van der Waals surface area contributed by atoms with Crippen LogP contribution in [-0.2, 0) is 9.53 Å². The van der Waals surface area contributed by atoms with Crippen LogP contribution in [-0.4, -0.2) is 30.8 Å². The van der Waals surface area contributed by atoms with Crippen LogP contribution >= 0.6 is 0 Å². The van der Waals surface area contributed by atoms with Crippen LogP contribution in [0.5, 0.6) is 11.5 Å². The number of carbonyl (C=O) groups is 1. The molecule has 1 N–H and O–H groups in total. The number of rotatable bonds is 2. The standard InChI is InChI=1S/C24H25NO4/c1-13-12-24(2,3)25-15-9-8-14-21-16(27-4)6-5-7-17(21)29-23(22(14)20(13)15)18-10-11-19(26)28-18/h5-7,9-12,14,18,23,25H,8H2,1-4H3. The third-order valence-corrected chi connectivity index (χ3v) is 6.05. The minimum atomic E-state index is -0.436. The van der Waals surface area contributed by atoms with Crippen LogP contribution in [0.1, 0.15) is 38.7 Å². The molecule has 150 valence electrons. The molecule has 0 amide bonds. The maximum atomic E-state index is 11.8. The predicted molar refractivity (Wildman–Crippen MR) is 110 cm³/mol. The highest BCUT2D eigenvalue weighted by Gasteiger charge is 2.45. The van der Waals surface area contributed by atoms with Gasteiger partial charge in [0.25, 0.3) is 0 Å². The van der Waals surface area contributed by atoms with Crippen molar-refractivity contribution in [3.8, 4) is 11.5 Å². The summed E-state index contributed by atoms with van der Waals surface area (Å²) in [5.41, 5.74) is 5.60. The first-order valence-corrected chi connectivity index (χ1v) is 10.0. The summed E-state index contributed by atoms with van der Waals surface area (Å²) in [6.45, 7) is 6.48. The summed E-state index contributed by atoms with van der Waals surface area (Å²) in [5.74, 6) is 1.41. The second-order valence-corrected chi connectivity index (χ2v) is 8.58. The van der Waals surface area contributed by atoms with Gasteiger partial charge in [0.2, 0.25) is 0 Å². The number of carbonyl (C=O) groups excluding carboxylic acids is 1. The summed E-state index contributed by atoms with van der Waals surface area (Å²) >= 11 is 0. The molecule has 3 atom stereocenters. The zero-order chi connectivity index (χ0) is 20.3. The van der Waals surface area contributed by atoms with Crippen LogP contribution in [0.25, 0.3) is 0 Å². The van der Waals surface area contributed by atoms with Crippen molar-refractivity contribution < 1.29 is 19.0 Å². The van der Waals surface area contributed by atoms with E-state index in [0.717, 1.165) is 34.8 Å². The SMILES string of the molecule is COc1cccc2c1C1CC=C3NC(C)(C)C=C(C)C3=C1C(C1C=CC(=O)O1)O2. The zero-order valence-corrected chi connectivity index (χ0v) is 17.1. The Morgan fingerprint density at radius 3 is 2.79 bits per heavy atom. The fourth-order valence-corrected chi connectivity index (χ4v) is 5.10. The van der Waals surface area contributed by atoms with Crippen LogP contribution in [0.2, 0.25) is 0 Å². The number of benzene rings is 1. The Hall–Kier alpha value is -2.95. The molecule has 0 radical (unpaired) electrons. The molecule has 5 heteroatoms. The summed E-state index contributed by atoms with van der Waals surface area (Å²) < 4.78 is 17.7. The highest BCUT2D eigenvalue weighted by molar-refractivity contribution is 5.84. The van der Waals surface area contributed by atoms with E-state index in [-0.39, 0.29) is 23.5 Å². The number of methoxy groups -OCH3 is 1. The van der Waals surface area contributed by atoms with Crippen LogP contribution in [0.4, 0.5) is 0 Å². The van der Waals surface area contributed by atoms with E-state index in [1.807, 2.05) is 18.2 Å². The van der Waals surface area contributed by atoms with Gasteiger partial charge in [-0.1, -0.05) is 18.2 Å². The highest BCUT2D eigenvalue weighted by atomic mass is 16.6. The van der Waals surface area contributed by atoms with Crippen molar-refractivity contribution in [3.05, 3.63) is 70.5 Å². The van der Waals surface area contributed by atoms with Crippen LogP contribution in [0.3, 0.4) is 0 Å². The first-order chi connectivity index (χ1) is 13.9. The summed E-state index contributed by atoms with van der Waals surface area (Å²) in [4.78, 5) is 11.8. The van der Waals surface area contributed by atoms with Gasteiger partial charge < -0.3 is 19.5 Å². The van der Waals surface area contributed by atoms with Gasteiger partial charge in [-0.15, -0.1) is 0 Å². The van der Waals surface area contributed by atoms with Gasteiger partial charge in [-0.2, -0.15) is 0 Å². The average molecular weight is 391 g/mol. The van der Waals surface area contributed by atoms with Gasteiger partial charge in [-0.3, -0.25) is 0 Å². The Morgan fingerprint density at radius 2 is 2.07 bits per heavy atom. The van der Waals surface area contributed by atoms with Gasteiger partial charge in [0.05, 0.1) is 12.6 Å². The molecule has 1 aliphatic carbocycles. The molecule has 29 heavy (non-hydrogen) atoms. The Balaban J connectivity index is 1.74. The number of allylic oxidation sites excluding steroid dienone is 2. The molecule has 0 bridgehead atoms. The Labute approximate surface area is 170 Å². The van der Waals surface area contributed by atoms with E-state index < -0.39 is 6.10 Å². The number of hydrogen-bond acceptors (Lipinski definition) is 5. The van der Waals surface area contributed by atoms with Gasteiger partial charge in [0.1, 0.15) is 11.5 Å². The Morgan fingerprint density at radius 1 is 1.24 bits per heavy atom. The summed E-state index contributed by atoms with van der Waals surface area (Å²) in [6, 6.07) is 5.88. The lowest BCUT2D eigenvalue weighted by molar-refractivity contribution is -0.141. The monoisotopic (exact) mass is 391 g/mol. The first kappa shape index (κ1) is 18.1. The van der Waals surface area contributed by atoms with Crippen molar-refractivity contribution in [1.82, 2.24) is 5.32 Å². The van der Waals surface area contributed by atoms with E-state index in [9.17, 15) is 4.79 Å². The third-order valence-electron chi connectivity index (χ3n) is 6.05. The van der Waals surface area contributed by atoms with Crippen molar-refractivity contribution in [1.29, 1.82) is 0 Å². The predicted octanol–water partition coefficient (Wildman–Crippen LogP) is 3.93. The molecule has 4 aliphatic rings. The number of cyclic esters (lactones) is 1. The molecule has 0 saturated heterocycles. The van der Waals surface area contributed by atoms with Gasteiger partial charge in [-0.25, -0.2) is 4.79 Å². The molecular weight excluding hydrogens is 366 g/mol. The van der Waals surface area contributed by atoms with Gasteiger partial charge in [-0.05, 0) is 56.5 Å². The summed E-state index contributed by atoms with van der Waals surface area (Å²) in [7, 11) is 1.69. The molecule has 0 aromatic heterocycles.